The van der Waals surface area contributed by atoms with Crippen molar-refractivity contribution in [2.45, 2.75) is 38.8 Å². The standard InChI is InChI=1S/C12H19N3/c13-5-10-6-14-15(7-10)8-12-4-9-1-2-11(12)3-9/h6-7,9,11-12H,1-5,8,13H2. The van der Waals surface area contributed by atoms with Crippen LogP contribution in [-0.4, -0.2) is 9.78 Å². The van der Waals surface area contributed by atoms with Crippen LogP contribution in [0.1, 0.15) is 31.2 Å². The number of aromatic nitrogens is 2. The van der Waals surface area contributed by atoms with Crippen LogP contribution in [0.4, 0.5) is 0 Å². The van der Waals surface area contributed by atoms with E-state index < -0.39 is 0 Å². The van der Waals surface area contributed by atoms with Crippen LogP contribution in [0, 0.1) is 17.8 Å². The van der Waals surface area contributed by atoms with Gasteiger partial charge in [-0.2, -0.15) is 5.10 Å². The Kier molecular flexibility index (Phi) is 2.28. The zero-order valence-electron chi connectivity index (χ0n) is 9.10. The molecule has 2 bridgehead atoms. The Morgan fingerprint density at radius 2 is 2.33 bits per heavy atom. The number of nitrogens with two attached hydrogens (primary N) is 1. The summed E-state index contributed by atoms with van der Waals surface area (Å²) in [5.74, 6) is 2.90. The van der Waals surface area contributed by atoms with Gasteiger partial charge in [-0.3, -0.25) is 4.68 Å². The fraction of sp³-hybridized carbons (Fsp3) is 0.750. The predicted molar refractivity (Wildman–Crippen MR) is 59.1 cm³/mol. The molecule has 2 saturated carbocycles. The van der Waals surface area contributed by atoms with Crippen molar-refractivity contribution in [2.75, 3.05) is 0 Å². The molecule has 1 aromatic rings. The third kappa shape index (κ3) is 1.69. The smallest absolute Gasteiger partial charge is 0.0534 e. The van der Waals surface area contributed by atoms with Gasteiger partial charge >= 0.3 is 0 Å². The van der Waals surface area contributed by atoms with E-state index >= 15 is 0 Å². The summed E-state index contributed by atoms with van der Waals surface area (Å²) >= 11 is 0. The topological polar surface area (TPSA) is 43.8 Å². The van der Waals surface area contributed by atoms with Crippen molar-refractivity contribution in [1.29, 1.82) is 0 Å². The summed E-state index contributed by atoms with van der Waals surface area (Å²) in [6.07, 6.45) is 9.85. The van der Waals surface area contributed by atoms with E-state index in [0.29, 0.717) is 6.54 Å². The average Bonchev–Trinajstić information content (AvgIpc) is 2.92. The Hall–Kier alpha value is -0.830. The maximum atomic E-state index is 5.58. The van der Waals surface area contributed by atoms with Gasteiger partial charge in [0.1, 0.15) is 0 Å². The summed E-state index contributed by atoms with van der Waals surface area (Å²) in [4.78, 5) is 0. The quantitative estimate of drug-likeness (QED) is 0.817. The van der Waals surface area contributed by atoms with E-state index in [1.165, 1.54) is 25.7 Å². The molecule has 0 aromatic carbocycles. The molecule has 1 heterocycles. The van der Waals surface area contributed by atoms with Crippen molar-refractivity contribution >= 4 is 0 Å². The maximum absolute atomic E-state index is 5.58. The molecule has 0 saturated heterocycles. The largest absolute Gasteiger partial charge is 0.326 e. The lowest BCUT2D eigenvalue weighted by atomic mass is 9.89. The normalized spacial score (nSPS) is 33.8. The van der Waals surface area contributed by atoms with Gasteiger partial charge in [-0.1, -0.05) is 6.42 Å². The minimum Gasteiger partial charge on any atom is -0.326 e. The summed E-state index contributed by atoms with van der Waals surface area (Å²) in [6.45, 7) is 1.72. The van der Waals surface area contributed by atoms with Gasteiger partial charge in [-0.15, -0.1) is 0 Å². The average molecular weight is 205 g/mol. The predicted octanol–water partition coefficient (Wildman–Crippen LogP) is 1.78. The van der Waals surface area contributed by atoms with E-state index in [1.54, 1.807) is 0 Å². The Balaban J connectivity index is 1.65. The molecule has 0 radical (unpaired) electrons. The molecule has 15 heavy (non-hydrogen) atoms. The highest BCUT2D eigenvalue weighted by molar-refractivity contribution is 5.03. The van der Waals surface area contributed by atoms with Gasteiger partial charge in [0.25, 0.3) is 0 Å². The number of fused-ring (bicyclic) bond motifs is 2. The molecule has 2 fully saturated rings. The highest BCUT2D eigenvalue weighted by atomic mass is 15.3. The second-order valence-electron chi connectivity index (χ2n) is 5.21. The highest BCUT2D eigenvalue weighted by Gasteiger charge is 2.39. The summed E-state index contributed by atoms with van der Waals surface area (Å²) in [7, 11) is 0. The number of hydrogen-bond donors (Lipinski definition) is 1. The number of nitrogens with zero attached hydrogens (tertiary/aromatic N) is 2. The molecule has 0 spiro atoms. The molecule has 3 atom stereocenters. The van der Waals surface area contributed by atoms with Crippen molar-refractivity contribution in [3.05, 3.63) is 18.0 Å². The van der Waals surface area contributed by atoms with Crippen molar-refractivity contribution < 1.29 is 0 Å². The molecule has 3 heteroatoms. The van der Waals surface area contributed by atoms with Gasteiger partial charge in [0.05, 0.1) is 6.20 Å². The summed E-state index contributed by atoms with van der Waals surface area (Å²) in [5, 5.41) is 4.37. The van der Waals surface area contributed by atoms with E-state index in [9.17, 15) is 0 Å². The Labute approximate surface area is 90.7 Å². The van der Waals surface area contributed by atoms with E-state index in [0.717, 1.165) is 29.9 Å². The van der Waals surface area contributed by atoms with Crippen molar-refractivity contribution in [3.8, 4) is 0 Å². The van der Waals surface area contributed by atoms with Crippen LogP contribution in [0.25, 0.3) is 0 Å². The molecule has 0 amide bonds. The van der Waals surface area contributed by atoms with Gasteiger partial charge in [-0.05, 0) is 37.0 Å². The Morgan fingerprint density at radius 1 is 1.40 bits per heavy atom. The minimum absolute atomic E-state index is 0.608. The monoisotopic (exact) mass is 205 g/mol. The molecular formula is C12H19N3. The third-order valence-electron chi connectivity index (χ3n) is 4.23. The summed E-state index contributed by atoms with van der Waals surface area (Å²) in [5.41, 5.74) is 6.73. The van der Waals surface area contributed by atoms with Crippen LogP contribution >= 0.6 is 0 Å². The van der Waals surface area contributed by atoms with Crippen LogP contribution in [-0.2, 0) is 13.1 Å². The van der Waals surface area contributed by atoms with E-state index in [1.807, 2.05) is 6.20 Å². The Bertz CT molecular complexity index is 344. The second kappa shape index (κ2) is 3.63. The molecular weight excluding hydrogens is 186 g/mol. The van der Waals surface area contributed by atoms with Crippen LogP contribution in [0.3, 0.4) is 0 Å². The first-order valence-corrected chi connectivity index (χ1v) is 6.06. The maximum Gasteiger partial charge on any atom is 0.0534 e. The number of hydrogen-bond acceptors (Lipinski definition) is 2. The SMILES string of the molecule is NCc1cnn(CC2CC3CCC2C3)c1. The zero-order valence-corrected chi connectivity index (χ0v) is 9.10. The van der Waals surface area contributed by atoms with E-state index in [-0.39, 0.29) is 0 Å². The first-order valence-electron chi connectivity index (χ1n) is 6.06. The van der Waals surface area contributed by atoms with Crippen LogP contribution in [0.2, 0.25) is 0 Å². The lowest BCUT2D eigenvalue weighted by molar-refractivity contribution is 0.285. The fourth-order valence-electron chi connectivity index (χ4n) is 3.45. The zero-order chi connectivity index (χ0) is 10.3. The third-order valence-corrected chi connectivity index (χ3v) is 4.23. The molecule has 82 valence electrons. The van der Waals surface area contributed by atoms with Crippen LogP contribution in [0.15, 0.2) is 12.4 Å². The van der Waals surface area contributed by atoms with Crippen molar-refractivity contribution in [3.63, 3.8) is 0 Å². The van der Waals surface area contributed by atoms with Gasteiger partial charge in [-0.25, -0.2) is 0 Å². The van der Waals surface area contributed by atoms with Gasteiger partial charge < -0.3 is 5.73 Å². The molecule has 3 unspecified atom stereocenters. The van der Waals surface area contributed by atoms with Gasteiger partial charge in [0, 0.05) is 24.8 Å². The molecule has 0 aliphatic heterocycles. The molecule has 2 N–H and O–H groups in total. The van der Waals surface area contributed by atoms with Crippen LogP contribution < -0.4 is 5.73 Å². The van der Waals surface area contributed by atoms with E-state index in [4.69, 9.17) is 5.73 Å². The fourth-order valence-corrected chi connectivity index (χ4v) is 3.45. The molecule has 3 nitrogen and oxygen atoms in total. The lowest BCUT2D eigenvalue weighted by Crippen LogP contribution is -2.17. The first kappa shape index (κ1) is 9.40. The number of rotatable bonds is 3. The molecule has 1 aromatic heterocycles. The van der Waals surface area contributed by atoms with Gasteiger partial charge in [0.15, 0.2) is 0 Å². The van der Waals surface area contributed by atoms with E-state index in [2.05, 4.69) is 16.0 Å². The minimum atomic E-state index is 0.608. The van der Waals surface area contributed by atoms with Gasteiger partial charge in [0.2, 0.25) is 0 Å². The highest BCUT2D eigenvalue weighted by Crippen LogP contribution is 2.48. The first-order chi connectivity index (χ1) is 7.35. The van der Waals surface area contributed by atoms with Crippen LogP contribution in [0.5, 0.6) is 0 Å². The second-order valence-corrected chi connectivity index (χ2v) is 5.21. The molecule has 2 aliphatic carbocycles. The Morgan fingerprint density at radius 3 is 2.93 bits per heavy atom. The molecule has 2 aliphatic rings. The van der Waals surface area contributed by atoms with Crippen molar-refractivity contribution in [2.24, 2.45) is 23.5 Å². The molecule has 3 rings (SSSR count). The van der Waals surface area contributed by atoms with Crippen molar-refractivity contribution in [1.82, 2.24) is 9.78 Å². The summed E-state index contributed by atoms with van der Waals surface area (Å²) in [6, 6.07) is 0. The summed E-state index contributed by atoms with van der Waals surface area (Å²) < 4.78 is 2.09. The lowest BCUT2D eigenvalue weighted by Gasteiger charge is -2.21.